The van der Waals surface area contributed by atoms with Crippen molar-refractivity contribution in [3.05, 3.63) is 0 Å². The van der Waals surface area contributed by atoms with Gasteiger partial charge in [-0.15, -0.1) is 23.2 Å². The molecule has 5 heteroatoms. The molecule has 0 aromatic heterocycles. The summed E-state index contributed by atoms with van der Waals surface area (Å²) in [6.45, 7) is 1.58. The molecule has 15 heavy (non-hydrogen) atoms. The van der Waals surface area contributed by atoms with Crippen LogP contribution in [0.2, 0.25) is 0 Å². The molecule has 2 aliphatic rings. The predicted molar refractivity (Wildman–Crippen MR) is 58.9 cm³/mol. The number of nitrogens with zero attached hydrogens (tertiary/aromatic N) is 1. The lowest BCUT2D eigenvalue weighted by atomic mass is 9.99. The Morgan fingerprint density at radius 1 is 1.53 bits per heavy atom. The first-order valence-electron chi connectivity index (χ1n) is 5.32. The summed E-state index contributed by atoms with van der Waals surface area (Å²) in [6.07, 6.45) is 2.52. The Kier molecular flexibility index (Phi) is 3.15. The summed E-state index contributed by atoms with van der Waals surface area (Å²) < 4.78 is -0.830. The molecule has 0 radical (unpaired) electrons. The van der Waals surface area contributed by atoms with E-state index in [-0.39, 0.29) is 24.3 Å². The van der Waals surface area contributed by atoms with Crippen LogP contribution in [0.3, 0.4) is 0 Å². The minimum atomic E-state index is -0.830. The Balaban J connectivity index is 1.91. The Hall–Kier alpha value is 0.01000. The number of aliphatic hydroxyl groups excluding tert-OH is 1. The molecule has 1 saturated heterocycles. The molecule has 0 spiro atoms. The van der Waals surface area contributed by atoms with Crippen molar-refractivity contribution in [1.82, 2.24) is 4.90 Å². The van der Waals surface area contributed by atoms with E-state index in [0.29, 0.717) is 13.0 Å². The van der Waals surface area contributed by atoms with Gasteiger partial charge in [0.15, 0.2) is 0 Å². The third-order valence-corrected chi connectivity index (χ3v) is 4.05. The number of carbonyl (C=O) groups is 1. The van der Waals surface area contributed by atoms with Crippen molar-refractivity contribution in [2.24, 2.45) is 11.8 Å². The van der Waals surface area contributed by atoms with Crippen LogP contribution in [0, 0.1) is 11.8 Å². The van der Waals surface area contributed by atoms with Gasteiger partial charge in [-0.2, -0.15) is 0 Å². The molecule has 1 saturated carbocycles. The molecule has 0 aromatic carbocycles. The third-order valence-electron chi connectivity index (χ3n) is 3.21. The third kappa shape index (κ3) is 2.40. The van der Waals surface area contributed by atoms with E-state index in [1.165, 1.54) is 0 Å². The molecule has 0 aromatic rings. The maximum atomic E-state index is 11.9. The SMILES string of the molecule is O=C(C1CC1(Cl)Cl)N1CCCC(CO)C1. The number of likely N-dealkylation sites (tertiary alicyclic amines) is 1. The van der Waals surface area contributed by atoms with Crippen LogP contribution in [0.15, 0.2) is 0 Å². The summed E-state index contributed by atoms with van der Waals surface area (Å²) in [6, 6.07) is 0. The summed E-state index contributed by atoms with van der Waals surface area (Å²) in [5.41, 5.74) is 0. The van der Waals surface area contributed by atoms with Crippen LogP contribution in [0.4, 0.5) is 0 Å². The van der Waals surface area contributed by atoms with E-state index in [1.807, 2.05) is 0 Å². The van der Waals surface area contributed by atoms with E-state index in [1.54, 1.807) is 4.90 Å². The van der Waals surface area contributed by atoms with Crippen LogP contribution in [-0.4, -0.2) is 39.9 Å². The van der Waals surface area contributed by atoms with Gasteiger partial charge in [0.1, 0.15) is 4.33 Å². The molecule has 2 rings (SSSR count). The van der Waals surface area contributed by atoms with Crippen molar-refractivity contribution in [3.8, 4) is 0 Å². The van der Waals surface area contributed by atoms with Gasteiger partial charge in [-0.3, -0.25) is 4.79 Å². The van der Waals surface area contributed by atoms with Crippen molar-refractivity contribution < 1.29 is 9.90 Å². The lowest BCUT2D eigenvalue weighted by Gasteiger charge is -2.32. The Labute approximate surface area is 99.3 Å². The number of halogens is 2. The van der Waals surface area contributed by atoms with Crippen molar-refractivity contribution in [2.45, 2.75) is 23.6 Å². The highest BCUT2D eigenvalue weighted by molar-refractivity contribution is 6.52. The first kappa shape index (κ1) is 11.5. The monoisotopic (exact) mass is 251 g/mol. The second-order valence-electron chi connectivity index (χ2n) is 4.49. The van der Waals surface area contributed by atoms with Gasteiger partial charge in [-0.25, -0.2) is 0 Å². The largest absolute Gasteiger partial charge is 0.396 e. The van der Waals surface area contributed by atoms with Gasteiger partial charge >= 0.3 is 0 Å². The average molecular weight is 252 g/mol. The second-order valence-corrected chi connectivity index (χ2v) is 6.04. The van der Waals surface area contributed by atoms with Crippen molar-refractivity contribution in [3.63, 3.8) is 0 Å². The summed E-state index contributed by atoms with van der Waals surface area (Å²) >= 11 is 11.7. The molecule has 1 N–H and O–H groups in total. The lowest BCUT2D eigenvalue weighted by Crippen LogP contribution is -2.42. The molecular formula is C10H15Cl2NO2. The zero-order chi connectivity index (χ0) is 11.1. The second kappa shape index (κ2) is 4.11. The van der Waals surface area contributed by atoms with Crippen molar-refractivity contribution in [1.29, 1.82) is 0 Å². The number of hydrogen-bond donors (Lipinski definition) is 1. The minimum Gasteiger partial charge on any atom is -0.396 e. The number of amides is 1. The summed E-state index contributed by atoms with van der Waals surface area (Å²) in [5.74, 6) is 0.0536. The highest BCUT2D eigenvalue weighted by atomic mass is 35.5. The van der Waals surface area contributed by atoms with Crippen LogP contribution in [0.5, 0.6) is 0 Å². The zero-order valence-corrected chi connectivity index (χ0v) is 9.97. The average Bonchev–Trinajstić information content (AvgIpc) is 2.87. The molecule has 2 unspecified atom stereocenters. The lowest BCUT2D eigenvalue weighted by molar-refractivity contribution is -0.134. The molecule has 1 amide bonds. The van der Waals surface area contributed by atoms with Crippen LogP contribution >= 0.6 is 23.2 Å². The fourth-order valence-corrected chi connectivity index (χ4v) is 2.61. The van der Waals surface area contributed by atoms with Gasteiger partial charge in [0.25, 0.3) is 0 Å². The number of hydrogen-bond acceptors (Lipinski definition) is 2. The van der Waals surface area contributed by atoms with E-state index < -0.39 is 4.33 Å². The van der Waals surface area contributed by atoms with Gasteiger partial charge in [0, 0.05) is 19.7 Å². The number of piperidine rings is 1. The Bertz CT molecular complexity index is 270. The molecule has 1 aliphatic heterocycles. The van der Waals surface area contributed by atoms with Crippen molar-refractivity contribution in [2.75, 3.05) is 19.7 Å². The maximum Gasteiger partial charge on any atom is 0.228 e. The number of aliphatic hydroxyl groups is 1. The minimum absolute atomic E-state index is 0.0538. The van der Waals surface area contributed by atoms with Crippen molar-refractivity contribution >= 4 is 29.1 Å². The first-order chi connectivity index (χ1) is 7.04. The molecule has 2 atom stereocenters. The molecule has 1 aliphatic carbocycles. The molecule has 1 heterocycles. The van der Waals surface area contributed by atoms with E-state index in [4.69, 9.17) is 28.3 Å². The molecule has 0 bridgehead atoms. The Morgan fingerprint density at radius 2 is 2.20 bits per heavy atom. The fraction of sp³-hybridized carbons (Fsp3) is 0.900. The standard InChI is InChI=1S/C10H15Cl2NO2/c11-10(12)4-8(10)9(15)13-3-1-2-7(5-13)6-14/h7-8,14H,1-6H2. The topological polar surface area (TPSA) is 40.5 Å². The first-order valence-corrected chi connectivity index (χ1v) is 6.07. The maximum absolute atomic E-state index is 11.9. The summed E-state index contributed by atoms with van der Waals surface area (Å²) in [5, 5.41) is 9.06. The highest BCUT2D eigenvalue weighted by Crippen LogP contribution is 2.54. The van der Waals surface area contributed by atoms with E-state index in [2.05, 4.69) is 0 Å². The van der Waals surface area contributed by atoms with Gasteiger partial charge in [0.2, 0.25) is 5.91 Å². The zero-order valence-electron chi connectivity index (χ0n) is 8.46. The molecule has 2 fully saturated rings. The summed E-state index contributed by atoms with van der Waals surface area (Å²) in [7, 11) is 0. The number of carbonyl (C=O) groups excluding carboxylic acids is 1. The van der Waals surface area contributed by atoms with Crippen LogP contribution in [0.25, 0.3) is 0 Å². The van der Waals surface area contributed by atoms with E-state index >= 15 is 0 Å². The van der Waals surface area contributed by atoms with E-state index in [9.17, 15) is 4.79 Å². The van der Waals surface area contributed by atoms with Gasteiger partial charge < -0.3 is 10.0 Å². The Morgan fingerprint density at radius 3 is 2.73 bits per heavy atom. The van der Waals surface area contributed by atoms with E-state index in [0.717, 1.165) is 19.4 Å². The predicted octanol–water partition coefficient (Wildman–Crippen LogP) is 1.41. The summed E-state index contributed by atoms with van der Waals surface area (Å²) in [4.78, 5) is 13.7. The quantitative estimate of drug-likeness (QED) is 0.755. The van der Waals surface area contributed by atoms with Gasteiger partial charge in [-0.1, -0.05) is 0 Å². The van der Waals surface area contributed by atoms with Crippen LogP contribution < -0.4 is 0 Å². The van der Waals surface area contributed by atoms with Crippen LogP contribution in [-0.2, 0) is 4.79 Å². The van der Waals surface area contributed by atoms with Gasteiger partial charge in [0.05, 0.1) is 5.92 Å². The fourth-order valence-electron chi connectivity index (χ4n) is 2.12. The molecular weight excluding hydrogens is 237 g/mol. The number of alkyl halides is 2. The normalized spacial score (nSPS) is 33.9. The number of rotatable bonds is 2. The molecule has 3 nitrogen and oxygen atoms in total. The molecule has 86 valence electrons. The van der Waals surface area contributed by atoms with Gasteiger partial charge in [-0.05, 0) is 25.2 Å². The smallest absolute Gasteiger partial charge is 0.228 e. The highest BCUT2D eigenvalue weighted by Gasteiger charge is 2.57. The van der Waals surface area contributed by atoms with Crippen LogP contribution in [0.1, 0.15) is 19.3 Å².